The summed E-state index contributed by atoms with van der Waals surface area (Å²) >= 11 is 6.05. The molecule has 6 heteroatoms. The Hall–Kier alpha value is -2.42. The zero-order chi connectivity index (χ0) is 21.0. The number of benzene rings is 2. The maximum Gasteiger partial charge on any atom is 0.231 e. The van der Waals surface area contributed by atoms with Crippen LogP contribution in [-0.4, -0.2) is 38.4 Å². The Morgan fingerprint density at radius 3 is 2.63 bits per heavy atom. The minimum absolute atomic E-state index is 0.266. The Balaban J connectivity index is 1.25. The fraction of sp³-hybridized carbons (Fsp3) is 0.458. The Kier molecular flexibility index (Phi) is 6.36. The Bertz CT molecular complexity index is 908. The van der Waals surface area contributed by atoms with Gasteiger partial charge >= 0.3 is 0 Å². The van der Waals surface area contributed by atoms with Crippen LogP contribution in [0.1, 0.15) is 31.2 Å². The number of fused-ring (bicyclic) bond motifs is 1. The topological polar surface area (TPSA) is 54.7 Å². The number of halogens is 1. The molecule has 0 N–H and O–H groups in total. The minimum atomic E-state index is -0.394. The lowest BCUT2D eigenvalue weighted by Gasteiger charge is -2.28. The number of hydrogen-bond acceptors (Lipinski definition) is 5. The van der Waals surface area contributed by atoms with Crippen LogP contribution < -0.4 is 14.2 Å². The SMILES string of the molecule is CN(CCCC(C#N)(c1ccc(Cl)cc1)C1CC1)CCOc1ccc2c(c1)OCO2. The maximum atomic E-state index is 10.1. The van der Waals surface area contributed by atoms with Gasteiger partial charge in [0.1, 0.15) is 12.4 Å². The van der Waals surface area contributed by atoms with Crippen LogP contribution >= 0.6 is 11.6 Å². The molecule has 1 atom stereocenters. The summed E-state index contributed by atoms with van der Waals surface area (Å²) in [5.41, 5.74) is 0.708. The van der Waals surface area contributed by atoms with Crippen molar-refractivity contribution in [2.45, 2.75) is 31.1 Å². The molecule has 1 saturated carbocycles. The summed E-state index contributed by atoms with van der Waals surface area (Å²) in [5.74, 6) is 2.74. The molecule has 1 unspecified atom stereocenters. The van der Waals surface area contributed by atoms with Gasteiger partial charge in [0, 0.05) is 17.6 Å². The molecule has 30 heavy (non-hydrogen) atoms. The monoisotopic (exact) mass is 426 g/mol. The summed E-state index contributed by atoms with van der Waals surface area (Å²) in [5, 5.41) is 10.8. The molecule has 0 saturated heterocycles. The first kappa shape index (κ1) is 20.8. The molecule has 1 fully saturated rings. The first-order valence-corrected chi connectivity index (χ1v) is 10.9. The van der Waals surface area contributed by atoms with E-state index in [-0.39, 0.29) is 6.79 Å². The van der Waals surface area contributed by atoms with Gasteiger partial charge < -0.3 is 19.1 Å². The number of ether oxygens (including phenoxy) is 3. The summed E-state index contributed by atoms with van der Waals surface area (Å²) in [7, 11) is 2.09. The van der Waals surface area contributed by atoms with Gasteiger partial charge in [-0.15, -0.1) is 0 Å². The third-order valence-corrected chi connectivity index (χ3v) is 6.28. The van der Waals surface area contributed by atoms with E-state index in [1.54, 1.807) is 0 Å². The lowest BCUT2D eigenvalue weighted by Crippen LogP contribution is -2.30. The van der Waals surface area contributed by atoms with Gasteiger partial charge in [-0.1, -0.05) is 23.7 Å². The van der Waals surface area contributed by atoms with Crippen LogP contribution in [0.2, 0.25) is 5.02 Å². The Morgan fingerprint density at radius 1 is 1.13 bits per heavy atom. The van der Waals surface area contributed by atoms with Crippen molar-refractivity contribution in [3.63, 3.8) is 0 Å². The second-order valence-electron chi connectivity index (χ2n) is 8.13. The minimum Gasteiger partial charge on any atom is -0.492 e. The highest BCUT2D eigenvalue weighted by atomic mass is 35.5. The highest BCUT2D eigenvalue weighted by Gasteiger charge is 2.46. The third-order valence-electron chi connectivity index (χ3n) is 6.03. The van der Waals surface area contributed by atoms with E-state index in [0.29, 0.717) is 17.5 Å². The van der Waals surface area contributed by atoms with Gasteiger partial charge in [0.2, 0.25) is 6.79 Å². The highest BCUT2D eigenvalue weighted by molar-refractivity contribution is 6.30. The second kappa shape index (κ2) is 9.16. The highest BCUT2D eigenvalue weighted by Crippen LogP contribution is 2.50. The molecule has 4 rings (SSSR count). The van der Waals surface area contributed by atoms with Gasteiger partial charge in [0.05, 0.1) is 11.5 Å². The maximum absolute atomic E-state index is 10.1. The predicted octanol–water partition coefficient (Wildman–Crippen LogP) is 5.03. The number of nitriles is 1. The zero-order valence-corrected chi connectivity index (χ0v) is 18.0. The number of nitrogens with zero attached hydrogens (tertiary/aromatic N) is 2. The molecule has 2 aliphatic rings. The van der Waals surface area contributed by atoms with Crippen LogP contribution in [0.15, 0.2) is 42.5 Å². The number of hydrogen-bond donors (Lipinski definition) is 0. The van der Waals surface area contributed by atoms with E-state index in [1.165, 1.54) is 0 Å². The number of likely N-dealkylation sites (N-methyl/N-ethyl adjacent to an activating group) is 1. The van der Waals surface area contributed by atoms with Crippen molar-refractivity contribution in [2.24, 2.45) is 5.92 Å². The van der Waals surface area contributed by atoms with Crippen molar-refractivity contribution in [2.75, 3.05) is 33.5 Å². The normalized spacial score (nSPS) is 16.9. The van der Waals surface area contributed by atoms with Crippen LogP contribution in [0, 0.1) is 17.2 Å². The standard InChI is InChI=1S/C24H27ClN2O3/c1-27(13-14-28-21-9-10-22-23(15-21)30-17-29-22)12-2-11-24(16-26,18-3-4-18)19-5-7-20(25)8-6-19/h5-10,15,18H,2-4,11-14,17H2,1H3. The number of rotatable bonds is 10. The summed E-state index contributed by atoms with van der Waals surface area (Å²) < 4.78 is 16.6. The third kappa shape index (κ3) is 4.66. The van der Waals surface area contributed by atoms with Crippen molar-refractivity contribution in [3.8, 4) is 23.3 Å². The van der Waals surface area contributed by atoms with Gasteiger partial charge in [-0.25, -0.2) is 0 Å². The Morgan fingerprint density at radius 2 is 1.90 bits per heavy atom. The summed E-state index contributed by atoms with van der Waals surface area (Å²) in [6, 6.07) is 16.1. The van der Waals surface area contributed by atoms with Gasteiger partial charge in [0.25, 0.3) is 0 Å². The molecule has 0 aromatic heterocycles. The first-order valence-electron chi connectivity index (χ1n) is 10.5. The lowest BCUT2D eigenvalue weighted by molar-refractivity contribution is 0.173. The van der Waals surface area contributed by atoms with Crippen LogP contribution in [-0.2, 0) is 5.41 Å². The molecule has 2 aromatic carbocycles. The fourth-order valence-electron chi connectivity index (χ4n) is 4.14. The van der Waals surface area contributed by atoms with Gasteiger partial charge in [0.15, 0.2) is 11.5 Å². The quantitative estimate of drug-likeness (QED) is 0.533. The van der Waals surface area contributed by atoms with Gasteiger partial charge in [-0.05, 0) is 75.0 Å². The van der Waals surface area contributed by atoms with E-state index in [1.807, 2.05) is 42.5 Å². The summed E-state index contributed by atoms with van der Waals surface area (Å²) in [6.07, 6.45) is 4.10. The van der Waals surface area contributed by atoms with Crippen molar-refractivity contribution < 1.29 is 14.2 Å². The van der Waals surface area contributed by atoms with Gasteiger partial charge in [-0.3, -0.25) is 0 Å². The zero-order valence-electron chi connectivity index (χ0n) is 17.3. The molecule has 0 radical (unpaired) electrons. The molecule has 0 bridgehead atoms. The molecule has 0 spiro atoms. The summed E-state index contributed by atoms with van der Waals surface area (Å²) in [6.45, 7) is 2.61. The van der Waals surface area contributed by atoms with E-state index < -0.39 is 5.41 Å². The fourth-order valence-corrected chi connectivity index (χ4v) is 4.27. The molecule has 1 heterocycles. The van der Waals surface area contributed by atoms with E-state index in [9.17, 15) is 5.26 Å². The van der Waals surface area contributed by atoms with Crippen molar-refractivity contribution in [3.05, 3.63) is 53.1 Å². The van der Waals surface area contributed by atoms with Gasteiger partial charge in [-0.2, -0.15) is 5.26 Å². The molecule has 158 valence electrons. The van der Waals surface area contributed by atoms with Crippen LogP contribution in [0.3, 0.4) is 0 Å². The van der Waals surface area contributed by atoms with E-state index in [2.05, 4.69) is 18.0 Å². The lowest BCUT2D eigenvalue weighted by atomic mass is 9.74. The van der Waals surface area contributed by atoms with E-state index >= 15 is 0 Å². The van der Waals surface area contributed by atoms with Crippen LogP contribution in [0.5, 0.6) is 17.2 Å². The van der Waals surface area contributed by atoms with Crippen molar-refractivity contribution in [1.29, 1.82) is 5.26 Å². The molecular formula is C24H27ClN2O3. The van der Waals surface area contributed by atoms with E-state index in [4.69, 9.17) is 25.8 Å². The second-order valence-corrected chi connectivity index (χ2v) is 8.57. The first-order chi connectivity index (χ1) is 14.6. The summed E-state index contributed by atoms with van der Waals surface area (Å²) in [4.78, 5) is 2.25. The molecule has 0 amide bonds. The largest absolute Gasteiger partial charge is 0.492 e. The molecule has 1 aliphatic carbocycles. The van der Waals surface area contributed by atoms with Crippen LogP contribution in [0.4, 0.5) is 0 Å². The van der Waals surface area contributed by atoms with Crippen LogP contribution in [0.25, 0.3) is 0 Å². The molecule has 2 aromatic rings. The average Bonchev–Trinajstić information content (AvgIpc) is 3.50. The van der Waals surface area contributed by atoms with E-state index in [0.717, 1.165) is 61.6 Å². The Labute approximate surface area is 183 Å². The average molecular weight is 427 g/mol. The smallest absolute Gasteiger partial charge is 0.231 e. The molecular weight excluding hydrogens is 400 g/mol. The molecule has 1 aliphatic heterocycles. The van der Waals surface area contributed by atoms with Crippen molar-refractivity contribution in [1.82, 2.24) is 4.90 Å². The predicted molar refractivity (Wildman–Crippen MR) is 116 cm³/mol. The molecule has 5 nitrogen and oxygen atoms in total. The van der Waals surface area contributed by atoms with Crippen molar-refractivity contribution >= 4 is 11.6 Å².